The van der Waals surface area contributed by atoms with Crippen LogP contribution in [0.15, 0.2) is 12.1 Å². The molecule has 0 radical (unpaired) electrons. The molecule has 2 nitrogen and oxygen atoms in total. The molecule has 1 aromatic rings. The van der Waals surface area contributed by atoms with Gasteiger partial charge in [0.15, 0.2) is 0 Å². The lowest BCUT2D eigenvalue weighted by atomic mass is 10.1. The predicted octanol–water partition coefficient (Wildman–Crippen LogP) is 3.51. The summed E-state index contributed by atoms with van der Waals surface area (Å²) >= 11 is 12.0. The smallest absolute Gasteiger partial charge is 0.221 e. The van der Waals surface area contributed by atoms with E-state index in [9.17, 15) is 4.79 Å². The number of nitrogens with one attached hydrogen (secondary N) is 1. The molecule has 76 valence electrons. The van der Waals surface area contributed by atoms with E-state index in [-0.39, 0.29) is 5.91 Å². The molecule has 1 aromatic carbocycles. The standard InChI is InChI=1S/C10H11Cl2NO/c1-3-7-4-5-8(13-6(2)14)10(12)9(7)11/h4-5H,3H2,1-2H3,(H,13,14). The minimum Gasteiger partial charge on any atom is -0.325 e. The Kier molecular flexibility index (Phi) is 3.78. The number of aryl methyl sites for hydroxylation is 1. The summed E-state index contributed by atoms with van der Waals surface area (Å²) in [7, 11) is 0. The molecule has 0 unspecified atom stereocenters. The first kappa shape index (κ1) is 11.3. The average molecular weight is 232 g/mol. The Morgan fingerprint density at radius 1 is 1.36 bits per heavy atom. The average Bonchev–Trinajstić information content (AvgIpc) is 2.13. The first-order valence-corrected chi connectivity index (χ1v) is 5.06. The Labute approximate surface area is 93.2 Å². The van der Waals surface area contributed by atoms with Crippen molar-refractivity contribution in [1.29, 1.82) is 0 Å². The summed E-state index contributed by atoms with van der Waals surface area (Å²) in [6.45, 7) is 3.42. The molecule has 0 spiro atoms. The first-order chi connectivity index (χ1) is 6.56. The van der Waals surface area contributed by atoms with E-state index in [4.69, 9.17) is 23.2 Å². The highest BCUT2D eigenvalue weighted by Gasteiger charge is 2.09. The molecule has 0 saturated heterocycles. The van der Waals surface area contributed by atoms with Crippen LogP contribution in [0.4, 0.5) is 5.69 Å². The van der Waals surface area contributed by atoms with Gasteiger partial charge < -0.3 is 5.32 Å². The third kappa shape index (κ3) is 2.40. The maximum Gasteiger partial charge on any atom is 0.221 e. The van der Waals surface area contributed by atoms with Gasteiger partial charge in [-0.2, -0.15) is 0 Å². The molecule has 1 rings (SSSR count). The van der Waals surface area contributed by atoms with E-state index < -0.39 is 0 Å². The van der Waals surface area contributed by atoms with Crippen LogP contribution in [-0.4, -0.2) is 5.91 Å². The van der Waals surface area contributed by atoms with Gasteiger partial charge in [0, 0.05) is 6.92 Å². The van der Waals surface area contributed by atoms with Crippen molar-refractivity contribution in [3.63, 3.8) is 0 Å². The lowest BCUT2D eigenvalue weighted by molar-refractivity contribution is -0.114. The Bertz CT molecular complexity index is 363. The van der Waals surface area contributed by atoms with Crippen LogP contribution < -0.4 is 5.32 Å². The maximum atomic E-state index is 10.8. The monoisotopic (exact) mass is 231 g/mol. The zero-order chi connectivity index (χ0) is 10.7. The number of carbonyl (C=O) groups is 1. The van der Waals surface area contributed by atoms with Gasteiger partial charge in [-0.1, -0.05) is 36.2 Å². The predicted molar refractivity (Wildman–Crippen MR) is 60.1 cm³/mol. The summed E-state index contributed by atoms with van der Waals surface area (Å²) in [6, 6.07) is 3.62. The van der Waals surface area contributed by atoms with E-state index in [1.54, 1.807) is 6.07 Å². The van der Waals surface area contributed by atoms with E-state index in [1.165, 1.54) is 6.92 Å². The summed E-state index contributed by atoms with van der Waals surface area (Å²) < 4.78 is 0. The minimum atomic E-state index is -0.160. The third-order valence-corrected chi connectivity index (χ3v) is 2.77. The fourth-order valence-electron chi connectivity index (χ4n) is 1.15. The van der Waals surface area contributed by atoms with Crippen molar-refractivity contribution in [2.75, 3.05) is 5.32 Å². The molecule has 1 N–H and O–H groups in total. The van der Waals surface area contributed by atoms with E-state index in [1.807, 2.05) is 13.0 Å². The van der Waals surface area contributed by atoms with Crippen molar-refractivity contribution in [2.24, 2.45) is 0 Å². The van der Waals surface area contributed by atoms with Gasteiger partial charge in [-0.25, -0.2) is 0 Å². The molecule has 0 aromatic heterocycles. The van der Waals surface area contributed by atoms with Crippen molar-refractivity contribution in [1.82, 2.24) is 0 Å². The van der Waals surface area contributed by atoms with Crippen LogP contribution in [0.25, 0.3) is 0 Å². The normalized spacial score (nSPS) is 10.0. The zero-order valence-electron chi connectivity index (χ0n) is 8.03. The molecule has 14 heavy (non-hydrogen) atoms. The summed E-state index contributed by atoms with van der Waals surface area (Å²) in [5.41, 5.74) is 1.53. The van der Waals surface area contributed by atoms with Crippen molar-refractivity contribution < 1.29 is 4.79 Å². The number of anilines is 1. The van der Waals surface area contributed by atoms with Crippen molar-refractivity contribution >= 4 is 34.8 Å². The fourth-order valence-corrected chi connectivity index (χ4v) is 1.68. The van der Waals surface area contributed by atoms with Gasteiger partial charge in [-0.15, -0.1) is 0 Å². The number of halogens is 2. The molecule has 0 bridgehead atoms. The van der Waals surface area contributed by atoms with Gasteiger partial charge in [0.2, 0.25) is 5.91 Å². The van der Waals surface area contributed by atoms with Crippen LogP contribution in [0.2, 0.25) is 10.0 Å². The Morgan fingerprint density at radius 3 is 2.50 bits per heavy atom. The maximum absolute atomic E-state index is 10.8. The highest BCUT2D eigenvalue weighted by atomic mass is 35.5. The second-order valence-corrected chi connectivity index (χ2v) is 3.69. The zero-order valence-corrected chi connectivity index (χ0v) is 9.54. The van der Waals surface area contributed by atoms with Crippen LogP contribution in [-0.2, 0) is 11.2 Å². The molecule has 0 aliphatic heterocycles. The van der Waals surface area contributed by atoms with Gasteiger partial charge in [-0.3, -0.25) is 4.79 Å². The van der Waals surface area contributed by atoms with Crippen LogP contribution in [0.5, 0.6) is 0 Å². The quantitative estimate of drug-likeness (QED) is 0.830. The first-order valence-electron chi connectivity index (χ1n) is 4.30. The van der Waals surface area contributed by atoms with E-state index in [0.29, 0.717) is 15.7 Å². The SMILES string of the molecule is CCc1ccc(NC(C)=O)c(Cl)c1Cl. The molecule has 0 saturated carbocycles. The summed E-state index contributed by atoms with van der Waals surface area (Å²) in [5, 5.41) is 3.53. The Balaban J connectivity index is 3.10. The van der Waals surface area contributed by atoms with E-state index >= 15 is 0 Å². The molecule has 4 heteroatoms. The molecule has 1 amide bonds. The van der Waals surface area contributed by atoms with Crippen molar-refractivity contribution in [2.45, 2.75) is 20.3 Å². The second kappa shape index (κ2) is 4.67. The summed E-state index contributed by atoms with van der Waals surface area (Å²) in [5.74, 6) is -0.160. The van der Waals surface area contributed by atoms with Crippen molar-refractivity contribution in [3.05, 3.63) is 27.7 Å². The van der Waals surface area contributed by atoms with Gasteiger partial charge in [0.1, 0.15) is 0 Å². The molecule has 0 aliphatic rings. The van der Waals surface area contributed by atoms with Crippen LogP contribution in [0, 0.1) is 0 Å². The van der Waals surface area contributed by atoms with Gasteiger partial charge in [0.25, 0.3) is 0 Å². The minimum absolute atomic E-state index is 0.160. The van der Waals surface area contributed by atoms with E-state index in [2.05, 4.69) is 5.32 Å². The number of rotatable bonds is 2. The highest BCUT2D eigenvalue weighted by molar-refractivity contribution is 6.44. The number of benzene rings is 1. The third-order valence-electron chi connectivity index (χ3n) is 1.85. The highest BCUT2D eigenvalue weighted by Crippen LogP contribution is 2.33. The fraction of sp³-hybridized carbons (Fsp3) is 0.300. The summed E-state index contributed by atoms with van der Waals surface area (Å²) in [6.07, 6.45) is 0.818. The molecular formula is C10H11Cl2NO. The molecule has 0 heterocycles. The number of amides is 1. The Morgan fingerprint density at radius 2 is 2.00 bits per heavy atom. The molecule has 0 atom stereocenters. The summed E-state index contributed by atoms with van der Waals surface area (Å²) in [4.78, 5) is 10.8. The van der Waals surface area contributed by atoms with Crippen LogP contribution in [0.1, 0.15) is 19.4 Å². The molecular weight excluding hydrogens is 221 g/mol. The largest absolute Gasteiger partial charge is 0.325 e. The number of carbonyl (C=O) groups excluding carboxylic acids is 1. The van der Waals surface area contributed by atoms with Crippen molar-refractivity contribution in [3.8, 4) is 0 Å². The lowest BCUT2D eigenvalue weighted by Crippen LogP contribution is -2.06. The van der Waals surface area contributed by atoms with Crippen LogP contribution >= 0.6 is 23.2 Å². The molecule has 0 aliphatic carbocycles. The molecule has 0 fully saturated rings. The van der Waals surface area contributed by atoms with E-state index in [0.717, 1.165) is 12.0 Å². The second-order valence-electron chi connectivity index (χ2n) is 2.93. The van der Waals surface area contributed by atoms with Gasteiger partial charge in [0.05, 0.1) is 15.7 Å². The number of hydrogen-bond acceptors (Lipinski definition) is 1. The van der Waals surface area contributed by atoms with Gasteiger partial charge >= 0.3 is 0 Å². The Hall–Kier alpha value is -0.730. The van der Waals surface area contributed by atoms with Crippen LogP contribution in [0.3, 0.4) is 0 Å². The lowest BCUT2D eigenvalue weighted by Gasteiger charge is -2.09. The number of hydrogen-bond donors (Lipinski definition) is 1. The van der Waals surface area contributed by atoms with Gasteiger partial charge in [-0.05, 0) is 18.1 Å². The topological polar surface area (TPSA) is 29.1 Å².